The number of pyridine rings is 1. The van der Waals surface area contributed by atoms with E-state index in [1.54, 1.807) is 12.2 Å². The predicted octanol–water partition coefficient (Wildman–Crippen LogP) is 4.20. The molecule has 1 aromatic heterocycles. The number of halogens is 2. The zero-order chi connectivity index (χ0) is 16.5. The Labute approximate surface area is 139 Å². The van der Waals surface area contributed by atoms with Crippen LogP contribution in [0.3, 0.4) is 0 Å². The summed E-state index contributed by atoms with van der Waals surface area (Å²) >= 11 is 5.89. The third-order valence-electron chi connectivity index (χ3n) is 2.94. The van der Waals surface area contributed by atoms with Crippen molar-refractivity contribution >= 4 is 23.8 Å². The third kappa shape index (κ3) is 6.08. The molecule has 2 rings (SSSR count). The number of nitrogens with one attached hydrogen (secondary N) is 1. The molecule has 0 aliphatic heterocycles. The van der Waals surface area contributed by atoms with E-state index in [-0.39, 0.29) is 6.61 Å². The maximum Gasteiger partial charge on any atom is 0.407 e. The number of carbonyl (C=O) groups excluding carboxylic acids is 1. The molecule has 0 spiro atoms. The smallest absolute Gasteiger partial charge is 0.407 e. The average Bonchev–Trinajstić information content (AvgIpc) is 2.56. The second-order valence-corrected chi connectivity index (χ2v) is 5.12. The topological polar surface area (TPSA) is 51.2 Å². The van der Waals surface area contributed by atoms with Crippen LogP contribution in [0.15, 0.2) is 48.7 Å². The van der Waals surface area contributed by atoms with Crippen LogP contribution in [0.5, 0.6) is 0 Å². The van der Waals surface area contributed by atoms with Gasteiger partial charge in [-0.15, -0.1) is 0 Å². The molecule has 23 heavy (non-hydrogen) atoms. The van der Waals surface area contributed by atoms with Crippen LogP contribution < -0.4 is 5.32 Å². The molecule has 6 heteroatoms. The van der Waals surface area contributed by atoms with E-state index in [9.17, 15) is 9.18 Å². The number of ether oxygens (including phenoxy) is 1. The molecule has 0 radical (unpaired) electrons. The third-order valence-corrected chi connectivity index (χ3v) is 3.26. The van der Waals surface area contributed by atoms with Gasteiger partial charge in [-0.2, -0.15) is 4.39 Å². The van der Waals surface area contributed by atoms with Crippen LogP contribution in [-0.4, -0.2) is 17.6 Å². The van der Waals surface area contributed by atoms with Gasteiger partial charge in [0.2, 0.25) is 5.95 Å². The zero-order valence-corrected chi connectivity index (χ0v) is 13.1. The summed E-state index contributed by atoms with van der Waals surface area (Å²) in [6.45, 7) is 0.643. The van der Waals surface area contributed by atoms with Crippen LogP contribution in [0, 0.1) is 5.95 Å². The molecule has 4 nitrogen and oxygen atoms in total. The summed E-state index contributed by atoms with van der Waals surface area (Å²) in [5.74, 6) is -0.586. The number of amides is 1. The standard InChI is InChI=1S/C17H16ClFN2O2/c18-15-11-21-16(19)10-14(15)8-4-5-9-20-17(22)23-12-13-6-2-1-3-7-13/h1-4,6-8,10-11H,5,9,12H2,(H,20,22). The Kier molecular flexibility index (Phi) is 6.56. The van der Waals surface area contributed by atoms with Gasteiger partial charge in [0.25, 0.3) is 0 Å². The Morgan fingerprint density at radius 1 is 1.35 bits per heavy atom. The van der Waals surface area contributed by atoms with Crippen molar-refractivity contribution in [3.63, 3.8) is 0 Å². The quantitative estimate of drug-likeness (QED) is 0.636. The first kappa shape index (κ1) is 17.0. The highest BCUT2D eigenvalue weighted by atomic mass is 35.5. The summed E-state index contributed by atoms with van der Waals surface area (Å²) in [6, 6.07) is 10.7. The molecule has 1 heterocycles. The molecule has 0 bridgehead atoms. The number of benzene rings is 1. The van der Waals surface area contributed by atoms with E-state index < -0.39 is 12.0 Å². The Morgan fingerprint density at radius 3 is 2.91 bits per heavy atom. The number of rotatable bonds is 6. The van der Waals surface area contributed by atoms with Crippen molar-refractivity contribution in [1.29, 1.82) is 0 Å². The van der Waals surface area contributed by atoms with Gasteiger partial charge in [-0.1, -0.05) is 54.1 Å². The maximum atomic E-state index is 13.0. The Morgan fingerprint density at radius 2 is 2.13 bits per heavy atom. The van der Waals surface area contributed by atoms with Gasteiger partial charge in [-0.3, -0.25) is 0 Å². The molecule has 1 aromatic carbocycles. The van der Waals surface area contributed by atoms with E-state index in [0.29, 0.717) is 23.6 Å². The molecule has 2 aromatic rings. The van der Waals surface area contributed by atoms with Crippen LogP contribution in [0.1, 0.15) is 17.5 Å². The van der Waals surface area contributed by atoms with Crippen LogP contribution >= 0.6 is 11.6 Å². The molecule has 0 aliphatic carbocycles. The molecule has 1 amide bonds. The summed E-state index contributed by atoms with van der Waals surface area (Å²) < 4.78 is 18.1. The monoisotopic (exact) mass is 334 g/mol. The number of hydrogen-bond donors (Lipinski definition) is 1. The van der Waals surface area contributed by atoms with Gasteiger partial charge in [0, 0.05) is 18.8 Å². The first-order chi connectivity index (χ1) is 11.1. The lowest BCUT2D eigenvalue weighted by Crippen LogP contribution is -2.24. The molecule has 0 saturated heterocycles. The van der Waals surface area contributed by atoms with E-state index in [0.717, 1.165) is 5.56 Å². The molecule has 0 fully saturated rings. The van der Waals surface area contributed by atoms with Gasteiger partial charge in [-0.25, -0.2) is 9.78 Å². The van der Waals surface area contributed by atoms with Gasteiger partial charge in [0.1, 0.15) is 6.61 Å². The summed E-state index contributed by atoms with van der Waals surface area (Å²) in [4.78, 5) is 15.0. The number of nitrogens with zero attached hydrogens (tertiary/aromatic N) is 1. The lowest BCUT2D eigenvalue weighted by Gasteiger charge is -2.05. The first-order valence-electron chi connectivity index (χ1n) is 7.07. The highest BCUT2D eigenvalue weighted by Gasteiger charge is 2.01. The fourth-order valence-electron chi connectivity index (χ4n) is 1.80. The lowest BCUT2D eigenvalue weighted by atomic mass is 10.2. The number of aromatic nitrogens is 1. The lowest BCUT2D eigenvalue weighted by molar-refractivity contribution is 0.140. The van der Waals surface area contributed by atoms with Gasteiger partial charge in [0.05, 0.1) is 5.02 Å². The van der Waals surface area contributed by atoms with Crippen molar-refractivity contribution in [2.24, 2.45) is 0 Å². The first-order valence-corrected chi connectivity index (χ1v) is 7.45. The van der Waals surface area contributed by atoms with E-state index in [4.69, 9.17) is 16.3 Å². The molecule has 0 saturated carbocycles. The summed E-state index contributed by atoms with van der Waals surface area (Å²) in [6.07, 6.45) is 4.83. The van der Waals surface area contributed by atoms with E-state index in [2.05, 4.69) is 10.3 Å². The van der Waals surface area contributed by atoms with Gasteiger partial charge >= 0.3 is 6.09 Å². The minimum atomic E-state index is -0.586. The largest absolute Gasteiger partial charge is 0.445 e. The normalized spacial score (nSPS) is 10.7. The SMILES string of the molecule is O=C(NCCC=Cc1cc(F)ncc1Cl)OCc1ccccc1. The number of hydrogen-bond acceptors (Lipinski definition) is 3. The summed E-state index contributed by atoms with van der Waals surface area (Å²) in [5.41, 5.74) is 1.47. The van der Waals surface area contributed by atoms with Crippen LogP contribution in [0.2, 0.25) is 5.02 Å². The highest BCUT2D eigenvalue weighted by Crippen LogP contribution is 2.16. The van der Waals surface area contributed by atoms with E-state index >= 15 is 0 Å². The van der Waals surface area contributed by atoms with Crippen molar-refractivity contribution in [1.82, 2.24) is 10.3 Å². The number of alkyl carbamates (subject to hydrolysis) is 1. The van der Waals surface area contributed by atoms with E-state index in [1.165, 1.54) is 12.3 Å². The maximum absolute atomic E-state index is 13.0. The van der Waals surface area contributed by atoms with Crippen LogP contribution in [0.25, 0.3) is 6.08 Å². The fourth-order valence-corrected chi connectivity index (χ4v) is 1.96. The molecule has 120 valence electrons. The summed E-state index contributed by atoms with van der Waals surface area (Å²) in [7, 11) is 0. The van der Waals surface area contributed by atoms with Gasteiger partial charge < -0.3 is 10.1 Å². The summed E-state index contributed by atoms with van der Waals surface area (Å²) in [5, 5.41) is 3.01. The minimum Gasteiger partial charge on any atom is -0.445 e. The average molecular weight is 335 g/mol. The molecular formula is C17H16ClFN2O2. The Hall–Kier alpha value is -2.40. The second kappa shape index (κ2) is 8.90. The van der Waals surface area contributed by atoms with Gasteiger partial charge in [-0.05, 0) is 17.5 Å². The van der Waals surface area contributed by atoms with Crippen molar-refractivity contribution in [3.05, 3.63) is 70.8 Å². The molecule has 0 unspecified atom stereocenters. The second-order valence-electron chi connectivity index (χ2n) is 4.71. The zero-order valence-electron chi connectivity index (χ0n) is 12.3. The molecular weight excluding hydrogens is 319 g/mol. The Bertz CT molecular complexity index is 678. The molecule has 0 atom stereocenters. The van der Waals surface area contributed by atoms with E-state index in [1.807, 2.05) is 30.3 Å². The van der Waals surface area contributed by atoms with Crippen molar-refractivity contribution < 1.29 is 13.9 Å². The molecule has 1 N–H and O–H groups in total. The number of carbonyl (C=O) groups is 1. The van der Waals surface area contributed by atoms with Crippen molar-refractivity contribution in [2.75, 3.05) is 6.54 Å². The predicted molar refractivity (Wildman–Crippen MR) is 87.5 cm³/mol. The molecule has 0 aliphatic rings. The fraction of sp³-hybridized carbons (Fsp3) is 0.176. The van der Waals surface area contributed by atoms with Crippen LogP contribution in [-0.2, 0) is 11.3 Å². The van der Waals surface area contributed by atoms with Gasteiger partial charge in [0.15, 0.2) is 0 Å². The van der Waals surface area contributed by atoms with Crippen LogP contribution in [0.4, 0.5) is 9.18 Å². The highest BCUT2D eigenvalue weighted by molar-refractivity contribution is 6.31. The Balaban J connectivity index is 1.67. The minimum absolute atomic E-state index is 0.231. The van der Waals surface area contributed by atoms with Crippen molar-refractivity contribution in [3.8, 4) is 0 Å². The van der Waals surface area contributed by atoms with Crippen molar-refractivity contribution in [2.45, 2.75) is 13.0 Å².